The Labute approximate surface area is 186 Å². The van der Waals surface area contributed by atoms with E-state index < -0.39 is 5.82 Å². The van der Waals surface area contributed by atoms with Gasteiger partial charge in [-0.25, -0.2) is 9.37 Å². The summed E-state index contributed by atoms with van der Waals surface area (Å²) in [6, 6.07) is 7.86. The van der Waals surface area contributed by atoms with Gasteiger partial charge in [0.25, 0.3) is 11.6 Å². The predicted octanol–water partition coefficient (Wildman–Crippen LogP) is 3.96. The molecule has 8 heteroatoms. The predicted molar refractivity (Wildman–Crippen MR) is 118 cm³/mol. The highest BCUT2D eigenvalue weighted by Crippen LogP contribution is 2.30. The van der Waals surface area contributed by atoms with Crippen LogP contribution >= 0.6 is 0 Å². The fourth-order valence-corrected chi connectivity index (χ4v) is 4.07. The summed E-state index contributed by atoms with van der Waals surface area (Å²) < 4.78 is 19.7. The highest BCUT2D eigenvalue weighted by atomic mass is 19.1. The van der Waals surface area contributed by atoms with Crippen molar-refractivity contribution >= 4 is 22.9 Å². The lowest BCUT2D eigenvalue weighted by Crippen LogP contribution is -2.46. The second kappa shape index (κ2) is 9.06. The number of fused-ring (bicyclic) bond motifs is 1. The van der Waals surface area contributed by atoms with E-state index in [-0.39, 0.29) is 29.0 Å². The van der Waals surface area contributed by atoms with Gasteiger partial charge in [-0.2, -0.15) is 0 Å². The van der Waals surface area contributed by atoms with E-state index in [4.69, 9.17) is 4.52 Å². The maximum absolute atomic E-state index is 14.4. The van der Waals surface area contributed by atoms with Gasteiger partial charge in [0.05, 0.1) is 28.3 Å². The molecule has 1 aromatic carbocycles. The van der Waals surface area contributed by atoms with Crippen LogP contribution in [0.5, 0.6) is 0 Å². The number of hydrogen-bond donors (Lipinski definition) is 1. The van der Waals surface area contributed by atoms with Crippen LogP contribution in [0.1, 0.15) is 42.7 Å². The maximum Gasteiger partial charge on any atom is 0.259 e. The molecule has 1 atom stereocenters. The highest BCUT2D eigenvalue weighted by molar-refractivity contribution is 6.07. The van der Waals surface area contributed by atoms with Crippen LogP contribution < -0.4 is 5.32 Å². The van der Waals surface area contributed by atoms with Crippen LogP contribution in [0.15, 0.2) is 34.9 Å². The number of benzene rings is 1. The van der Waals surface area contributed by atoms with Crippen molar-refractivity contribution in [1.29, 1.82) is 0 Å². The molecular weight excluding hydrogens is 411 g/mol. The van der Waals surface area contributed by atoms with Crippen molar-refractivity contribution in [3.63, 3.8) is 0 Å². The number of pyridine rings is 1. The van der Waals surface area contributed by atoms with Crippen LogP contribution in [0.4, 0.5) is 4.39 Å². The zero-order valence-corrected chi connectivity index (χ0v) is 18.5. The molecule has 2 amide bonds. The van der Waals surface area contributed by atoms with Crippen molar-refractivity contribution in [1.82, 2.24) is 20.4 Å². The molecule has 32 heavy (non-hydrogen) atoms. The van der Waals surface area contributed by atoms with Gasteiger partial charge in [0.1, 0.15) is 5.82 Å². The van der Waals surface area contributed by atoms with E-state index in [1.807, 2.05) is 13.8 Å². The fourth-order valence-electron chi connectivity index (χ4n) is 4.07. The molecule has 1 aliphatic heterocycles. The van der Waals surface area contributed by atoms with Crippen molar-refractivity contribution < 1.29 is 18.5 Å². The quantitative estimate of drug-likeness (QED) is 0.651. The number of aryl methyl sites for hydroxylation is 1. The molecule has 3 heterocycles. The monoisotopic (exact) mass is 438 g/mol. The van der Waals surface area contributed by atoms with Crippen molar-refractivity contribution in [3.8, 4) is 11.3 Å². The van der Waals surface area contributed by atoms with Crippen LogP contribution in [0.25, 0.3) is 22.4 Å². The molecule has 1 aliphatic rings. The Bertz CT molecular complexity index is 1160. The molecule has 0 spiro atoms. The third kappa shape index (κ3) is 4.35. The molecule has 1 fully saturated rings. The summed E-state index contributed by atoms with van der Waals surface area (Å²) in [7, 11) is 0. The number of carbonyl (C=O) groups excluding carboxylic acids is 2. The average molecular weight is 439 g/mol. The van der Waals surface area contributed by atoms with Gasteiger partial charge in [0.15, 0.2) is 0 Å². The van der Waals surface area contributed by atoms with Gasteiger partial charge < -0.3 is 14.7 Å². The SMILES string of the molecule is Cc1noc2nc(-c3ccccc3F)cc(C(=O)N3CCC[C@H](C(=O)NCC(C)C)C3)c12. The molecule has 2 aromatic heterocycles. The Hall–Kier alpha value is -3.29. The van der Waals surface area contributed by atoms with E-state index >= 15 is 0 Å². The molecule has 168 valence electrons. The summed E-state index contributed by atoms with van der Waals surface area (Å²) in [4.78, 5) is 32.2. The molecule has 1 saturated heterocycles. The van der Waals surface area contributed by atoms with Gasteiger partial charge in [-0.1, -0.05) is 31.1 Å². The number of halogens is 1. The lowest BCUT2D eigenvalue weighted by molar-refractivity contribution is -0.126. The second-order valence-corrected chi connectivity index (χ2v) is 8.71. The van der Waals surface area contributed by atoms with E-state index in [9.17, 15) is 14.0 Å². The molecule has 4 rings (SSSR count). The Morgan fingerprint density at radius 3 is 2.84 bits per heavy atom. The third-order valence-electron chi connectivity index (χ3n) is 5.76. The van der Waals surface area contributed by atoms with Crippen molar-refractivity contribution in [2.24, 2.45) is 11.8 Å². The number of piperidine rings is 1. The van der Waals surface area contributed by atoms with Gasteiger partial charge in [0, 0.05) is 25.2 Å². The number of nitrogens with one attached hydrogen (secondary N) is 1. The van der Waals surface area contributed by atoms with E-state index in [0.717, 1.165) is 12.8 Å². The number of rotatable bonds is 5. The molecule has 7 nitrogen and oxygen atoms in total. The summed E-state index contributed by atoms with van der Waals surface area (Å²) >= 11 is 0. The topological polar surface area (TPSA) is 88.3 Å². The Kier molecular flexibility index (Phi) is 6.21. The lowest BCUT2D eigenvalue weighted by Gasteiger charge is -2.32. The average Bonchev–Trinajstić information content (AvgIpc) is 3.17. The van der Waals surface area contributed by atoms with E-state index in [0.29, 0.717) is 47.9 Å². The number of nitrogens with zero attached hydrogens (tertiary/aromatic N) is 3. The Balaban J connectivity index is 1.66. The van der Waals surface area contributed by atoms with E-state index in [2.05, 4.69) is 15.5 Å². The minimum atomic E-state index is -0.436. The van der Waals surface area contributed by atoms with Crippen LogP contribution in [-0.4, -0.2) is 46.5 Å². The van der Waals surface area contributed by atoms with Gasteiger partial charge >= 0.3 is 0 Å². The minimum absolute atomic E-state index is 0.0238. The Morgan fingerprint density at radius 1 is 1.31 bits per heavy atom. The third-order valence-corrected chi connectivity index (χ3v) is 5.76. The summed E-state index contributed by atoms with van der Waals surface area (Å²) in [5.41, 5.74) is 1.67. The molecular formula is C24H27FN4O3. The minimum Gasteiger partial charge on any atom is -0.356 e. The van der Waals surface area contributed by atoms with E-state index in [1.54, 1.807) is 36.1 Å². The summed E-state index contributed by atoms with van der Waals surface area (Å²) in [6.45, 7) is 7.33. The second-order valence-electron chi connectivity index (χ2n) is 8.71. The van der Waals surface area contributed by atoms with Crippen molar-refractivity contribution in [2.75, 3.05) is 19.6 Å². The molecule has 0 unspecified atom stereocenters. The maximum atomic E-state index is 14.4. The lowest BCUT2D eigenvalue weighted by atomic mass is 9.95. The van der Waals surface area contributed by atoms with Gasteiger partial charge in [-0.15, -0.1) is 0 Å². The number of carbonyl (C=O) groups is 2. The fraction of sp³-hybridized carbons (Fsp3) is 0.417. The number of likely N-dealkylation sites (tertiary alicyclic amines) is 1. The van der Waals surface area contributed by atoms with Crippen molar-refractivity contribution in [3.05, 3.63) is 47.4 Å². The first kappa shape index (κ1) is 21.9. The summed E-state index contributed by atoms with van der Waals surface area (Å²) in [5, 5.41) is 7.44. The molecule has 0 bridgehead atoms. The normalized spacial score (nSPS) is 16.5. The first-order valence-corrected chi connectivity index (χ1v) is 10.9. The molecule has 0 radical (unpaired) electrons. The molecule has 3 aromatic rings. The standard InChI is InChI=1S/C24H27FN4O3/c1-14(2)12-26-22(30)16-7-6-10-29(13-16)24(31)18-11-20(17-8-4-5-9-19(17)25)27-23-21(18)15(3)28-32-23/h4-5,8-9,11,14,16H,6-7,10,12-13H2,1-3H3,(H,26,30)/t16-/m0/s1. The van der Waals surface area contributed by atoms with Crippen LogP contribution in [-0.2, 0) is 4.79 Å². The Morgan fingerprint density at radius 2 is 2.09 bits per heavy atom. The smallest absolute Gasteiger partial charge is 0.259 e. The number of amides is 2. The van der Waals surface area contributed by atoms with E-state index in [1.165, 1.54) is 6.07 Å². The van der Waals surface area contributed by atoms with Gasteiger partial charge in [-0.05, 0) is 43.9 Å². The molecule has 1 N–H and O–H groups in total. The molecule has 0 aliphatic carbocycles. The zero-order chi connectivity index (χ0) is 22.8. The first-order valence-electron chi connectivity index (χ1n) is 10.9. The van der Waals surface area contributed by atoms with Gasteiger partial charge in [0.2, 0.25) is 5.91 Å². The molecule has 0 saturated carbocycles. The largest absolute Gasteiger partial charge is 0.356 e. The van der Waals surface area contributed by atoms with Crippen molar-refractivity contribution in [2.45, 2.75) is 33.6 Å². The first-order chi connectivity index (χ1) is 15.3. The number of aromatic nitrogens is 2. The van der Waals surface area contributed by atoms with Gasteiger partial charge in [-0.3, -0.25) is 9.59 Å². The van der Waals surface area contributed by atoms with Crippen LogP contribution in [0.2, 0.25) is 0 Å². The summed E-state index contributed by atoms with van der Waals surface area (Å²) in [5.74, 6) is -0.585. The summed E-state index contributed by atoms with van der Waals surface area (Å²) in [6.07, 6.45) is 1.48. The zero-order valence-electron chi connectivity index (χ0n) is 18.5. The van der Waals surface area contributed by atoms with Crippen LogP contribution in [0.3, 0.4) is 0 Å². The number of hydrogen-bond acceptors (Lipinski definition) is 5. The van der Waals surface area contributed by atoms with Crippen LogP contribution in [0, 0.1) is 24.6 Å². The highest BCUT2D eigenvalue weighted by Gasteiger charge is 2.31.